The number of aromatic hydroxyl groups is 1. The van der Waals surface area contributed by atoms with Gasteiger partial charge in [0.15, 0.2) is 0 Å². The maximum atomic E-state index is 11.8. The van der Waals surface area contributed by atoms with Crippen molar-refractivity contribution in [3.05, 3.63) is 51.8 Å². The van der Waals surface area contributed by atoms with Crippen molar-refractivity contribution in [1.29, 1.82) is 0 Å². The number of anilines is 1. The molecule has 0 saturated carbocycles. The molecule has 5 heteroatoms. The zero-order valence-electron chi connectivity index (χ0n) is 10.9. The van der Waals surface area contributed by atoms with Crippen molar-refractivity contribution in [2.24, 2.45) is 0 Å². The van der Waals surface area contributed by atoms with Crippen LogP contribution in [0.15, 0.2) is 35.1 Å². The van der Waals surface area contributed by atoms with Crippen LogP contribution in [-0.4, -0.2) is 21.7 Å². The number of nitrogens with zero attached hydrogens (tertiary/aromatic N) is 3. The number of rotatable bonds is 1. The molecule has 0 spiro atoms. The molecular formula is C14H15N3O2. The Bertz CT molecular complexity index is 676. The highest BCUT2D eigenvalue weighted by Gasteiger charge is 2.30. The average molecular weight is 257 g/mol. The Morgan fingerprint density at radius 3 is 2.68 bits per heavy atom. The Kier molecular flexibility index (Phi) is 2.55. The minimum absolute atomic E-state index is 0.0719. The van der Waals surface area contributed by atoms with E-state index in [1.54, 1.807) is 4.57 Å². The summed E-state index contributed by atoms with van der Waals surface area (Å²) in [7, 11) is 1.88. The van der Waals surface area contributed by atoms with Gasteiger partial charge in [-0.25, -0.2) is 0 Å². The van der Waals surface area contributed by atoms with Gasteiger partial charge in [-0.3, -0.25) is 9.36 Å². The lowest BCUT2D eigenvalue weighted by molar-refractivity contribution is 0.449. The quantitative estimate of drug-likeness (QED) is 0.840. The van der Waals surface area contributed by atoms with E-state index in [0.717, 1.165) is 11.6 Å². The molecule has 98 valence electrons. The third kappa shape index (κ3) is 1.87. The predicted octanol–water partition coefficient (Wildman–Crippen LogP) is 1.45. The third-order valence-electron chi connectivity index (χ3n) is 3.58. The fraction of sp³-hybridized carbons (Fsp3) is 0.286. The van der Waals surface area contributed by atoms with Gasteiger partial charge in [0.2, 0.25) is 11.8 Å². The van der Waals surface area contributed by atoms with Crippen molar-refractivity contribution in [3.8, 4) is 5.88 Å². The lowest BCUT2D eigenvalue weighted by Crippen LogP contribution is -2.20. The second kappa shape index (κ2) is 4.12. The molecule has 0 fully saturated rings. The van der Waals surface area contributed by atoms with Crippen molar-refractivity contribution in [3.63, 3.8) is 0 Å². The first-order valence-electron chi connectivity index (χ1n) is 6.16. The first-order chi connectivity index (χ1) is 9.06. The van der Waals surface area contributed by atoms with Gasteiger partial charge < -0.3 is 10.0 Å². The lowest BCUT2D eigenvalue weighted by Gasteiger charge is -2.20. The fourth-order valence-corrected chi connectivity index (χ4v) is 2.48. The van der Waals surface area contributed by atoms with E-state index in [1.807, 2.05) is 18.9 Å². The Labute approximate surface area is 110 Å². The van der Waals surface area contributed by atoms with Crippen molar-refractivity contribution in [2.75, 3.05) is 11.9 Å². The summed E-state index contributed by atoms with van der Waals surface area (Å²) in [6, 6.07) is 9.46. The van der Waals surface area contributed by atoms with Crippen molar-refractivity contribution in [1.82, 2.24) is 9.55 Å². The van der Waals surface area contributed by atoms with Gasteiger partial charge in [-0.1, -0.05) is 29.8 Å². The number of benzene rings is 1. The summed E-state index contributed by atoms with van der Waals surface area (Å²) in [6.45, 7) is 2.60. The Balaban J connectivity index is 2.03. The van der Waals surface area contributed by atoms with Crippen molar-refractivity contribution >= 4 is 5.95 Å². The van der Waals surface area contributed by atoms with Crippen molar-refractivity contribution < 1.29 is 5.11 Å². The van der Waals surface area contributed by atoms with Crippen LogP contribution in [0.1, 0.15) is 17.2 Å². The number of aryl methyl sites for hydroxylation is 1. The molecule has 2 aromatic rings. The number of hydrogen-bond donors (Lipinski definition) is 1. The highest BCUT2D eigenvalue weighted by Crippen LogP contribution is 2.32. The molecule has 3 rings (SSSR count). The second-order valence-corrected chi connectivity index (χ2v) is 4.90. The summed E-state index contributed by atoms with van der Waals surface area (Å²) in [6.07, 6.45) is 0. The molecule has 1 aromatic carbocycles. The normalized spacial score (nSPS) is 17.6. The van der Waals surface area contributed by atoms with Crippen LogP contribution < -0.4 is 10.5 Å². The molecule has 2 heterocycles. The van der Waals surface area contributed by atoms with E-state index in [2.05, 4.69) is 29.2 Å². The Morgan fingerprint density at radius 1 is 1.32 bits per heavy atom. The SMILES string of the molecule is Cc1ccc([C@@H]2Cn3c(nc(O)cc3=O)N2C)cc1. The van der Waals surface area contributed by atoms with Crippen molar-refractivity contribution in [2.45, 2.75) is 19.5 Å². The highest BCUT2D eigenvalue weighted by molar-refractivity contribution is 5.42. The third-order valence-corrected chi connectivity index (χ3v) is 3.58. The molecule has 0 bridgehead atoms. The summed E-state index contributed by atoms with van der Waals surface area (Å²) in [5.74, 6) is 0.281. The van der Waals surface area contributed by atoms with Gasteiger partial charge in [0.1, 0.15) is 0 Å². The van der Waals surface area contributed by atoms with Crippen LogP contribution in [0.4, 0.5) is 5.95 Å². The molecular weight excluding hydrogens is 242 g/mol. The van der Waals surface area contributed by atoms with Crippen LogP contribution in [0.25, 0.3) is 0 Å². The molecule has 1 N–H and O–H groups in total. The van der Waals surface area contributed by atoms with Gasteiger partial charge in [-0.05, 0) is 12.5 Å². The summed E-state index contributed by atoms with van der Waals surface area (Å²) >= 11 is 0. The predicted molar refractivity (Wildman–Crippen MR) is 72.5 cm³/mol. The molecule has 0 saturated heterocycles. The second-order valence-electron chi connectivity index (χ2n) is 4.90. The van der Waals surface area contributed by atoms with Crippen LogP contribution >= 0.6 is 0 Å². The first kappa shape index (κ1) is 11.8. The smallest absolute Gasteiger partial charge is 0.258 e. The van der Waals surface area contributed by atoms with E-state index in [9.17, 15) is 9.90 Å². The van der Waals surface area contributed by atoms with E-state index >= 15 is 0 Å². The van der Waals surface area contributed by atoms with Gasteiger partial charge in [-0.2, -0.15) is 4.98 Å². The maximum absolute atomic E-state index is 11.8. The van der Waals surface area contributed by atoms with Crippen LogP contribution in [0, 0.1) is 6.92 Å². The Hall–Kier alpha value is -2.30. The van der Waals surface area contributed by atoms with Gasteiger partial charge in [0, 0.05) is 7.05 Å². The molecule has 1 aliphatic heterocycles. The van der Waals surface area contributed by atoms with Gasteiger partial charge in [0.05, 0.1) is 18.7 Å². The van der Waals surface area contributed by atoms with Crippen LogP contribution in [0.2, 0.25) is 0 Å². The largest absolute Gasteiger partial charge is 0.493 e. The monoisotopic (exact) mass is 257 g/mol. The molecule has 1 aromatic heterocycles. The summed E-state index contributed by atoms with van der Waals surface area (Å²) < 4.78 is 1.59. The lowest BCUT2D eigenvalue weighted by atomic mass is 10.1. The number of fused-ring (bicyclic) bond motifs is 1. The zero-order chi connectivity index (χ0) is 13.6. The van der Waals surface area contributed by atoms with E-state index in [1.165, 1.54) is 5.56 Å². The minimum Gasteiger partial charge on any atom is -0.493 e. The number of aromatic nitrogens is 2. The number of likely N-dealkylation sites (N-methyl/N-ethyl adjacent to an activating group) is 1. The van der Waals surface area contributed by atoms with Gasteiger partial charge in [-0.15, -0.1) is 0 Å². The minimum atomic E-state index is -0.229. The standard InChI is InChI=1S/C14H15N3O2/c1-9-3-5-10(6-4-9)11-8-17-13(19)7-12(18)15-14(17)16(11)2/h3-7,11,18H,8H2,1-2H3/t11-/m0/s1. The van der Waals surface area contributed by atoms with E-state index in [-0.39, 0.29) is 17.5 Å². The highest BCUT2D eigenvalue weighted by atomic mass is 16.3. The molecule has 1 aliphatic rings. The average Bonchev–Trinajstić information content (AvgIpc) is 2.69. The Morgan fingerprint density at radius 2 is 2.00 bits per heavy atom. The molecule has 19 heavy (non-hydrogen) atoms. The topological polar surface area (TPSA) is 58.4 Å². The number of hydrogen-bond acceptors (Lipinski definition) is 4. The molecule has 0 radical (unpaired) electrons. The van der Waals surface area contributed by atoms with Gasteiger partial charge in [0.25, 0.3) is 5.56 Å². The molecule has 5 nitrogen and oxygen atoms in total. The van der Waals surface area contributed by atoms with Gasteiger partial charge >= 0.3 is 0 Å². The molecule has 1 atom stereocenters. The summed E-state index contributed by atoms with van der Waals surface area (Å²) in [4.78, 5) is 17.8. The maximum Gasteiger partial charge on any atom is 0.258 e. The zero-order valence-corrected chi connectivity index (χ0v) is 10.9. The summed E-state index contributed by atoms with van der Waals surface area (Å²) in [5.41, 5.74) is 2.12. The van der Waals surface area contributed by atoms with E-state index in [4.69, 9.17) is 0 Å². The molecule has 0 aliphatic carbocycles. The molecule has 0 amide bonds. The summed E-state index contributed by atoms with van der Waals surface area (Å²) in [5, 5.41) is 9.44. The molecule has 0 unspecified atom stereocenters. The van der Waals surface area contributed by atoms with E-state index < -0.39 is 0 Å². The van der Waals surface area contributed by atoms with Crippen LogP contribution in [0.5, 0.6) is 5.88 Å². The fourth-order valence-electron chi connectivity index (χ4n) is 2.48. The van der Waals surface area contributed by atoms with Crippen LogP contribution in [-0.2, 0) is 6.54 Å². The van der Waals surface area contributed by atoms with E-state index in [0.29, 0.717) is 12.5 Å². The van der Waals surface area contributed by atoms with Crippen LogP contribution in [0.3, 0.4) is 0 Å². The first-order valence-corrected chi connectivity index (χ1v) is 6.16.